The van der Waals surface area contributed by atoms with Crippen molar-refractivity contribution < 1.29 is 9.21 Å². The lowest BCUT2D eigenvalue weighted by Crippen LogP contribution is -2.46. The third kappa shape index (κ3) is 5.17. The first-order valence-electron chi connectivity index (χ1n) is 9.79. The number of anilines is 1. The molecule has 4 rings (SSSR count). The molecular weight excluding hydrogens is 368 g/mol. The molecule has 0 saturated carbocycles. The minimum absolute atomic E-state index is 0.207. The Bertz CT molecular complexity index is 907. The van der Waals surface area contributed by atoms with Crippen LogP contribution in [0.2, 0.25) is 0 Å². The van der Waals surface area contributed by atoms with E-state index in [2.05, 4.69) is 30.1 Å². The van der Waals surface area contributed by atoms with Crippen LogP contribution in [-0.4, -0.2) is 58.5 Å². The zero-order valence-electron chi connectivity index (χ0n) is 16.2. The van der Waals surface area contributed by atoms with E-state index in [-0.39, 0.29) is 5.91 Å². The van der Waals surface area contributed by atoms with Crippen molar-refractivity contribution in [1.82, 2.24) is 25.2 Å². The third-order valence-electron chi connectivity index (χ3n) is 4.89. The predicted octanol–water partition coefficient (Wildman–Crippen LogP) is 1.76. The Morgan fingerprint density at radius 1 is 1.03 bits per heavy atom. The standard InChI is InChI=1S/C21H24N6O2/c28-20(22-10-7-17-5-2-1-3-6-17)18-16-29-19(25-18)15-26-11-13-27(14-12-26)21-23-8-4-9-24-21/h1-6,8-9,16H,7,10-15H2,(H,22,28). The SMILES string of the molecule is O=C(NCCc1ccccc1)c1coc(CN2CCN(c3ncccn3)CC2)n1. The zero-order chi connectivity index (χ0) is 19.9. The lowest BCUT2D eigenvalue weighted by Gasteiger charge is -2.33. The molecular formula is C21H24N6O2. The monoisotopic (exact) mass is 392 g/mol. The highest BCUT2D eigenvalue weighted by Crippen LogP contribution is 2.12. The van der Waals surface area contributed by atoms with Crippen LogP contribution in [0.25, 0.3) is 0 Å². The fourth-order valence-corrected chi connectivity index (χ4v) is 3.30. The minimum Gasteiger partial charge on any atom is -0.447 e. The van der Waals surface area contributed by atoms with Crippen LogP contribution in [0.1, 0.15) is 21.9 Å². The molecule has 8 nitrogen and oxygen atoms in total. The van der Waals surface area contributed by atoms with Crippen LogP contribution in [0.15, 0.2) is 59.5 Å². The minimum atomic E-state index is -0.207. The average Bonchev–Trinajstić information content (AvgIpc) is 3.24. The van der Waals surface area contributed by atoms with Crippen molar-refractivity contribution in [3.05, 3.63) is 72.2 Å². The van der Waals surface area contributed by atoms with Gasteiger partial charge in [-0.1, -0.05) is 30.3 Å². The van der Waals surface area contributed by atoms with E-state index in [1.54, 1.807) is 12.4 Å². The molecule has 0 radical (unpaired) electrons. The maximum atomic E-state index is 12.3. The number of rotatable bonds is 7. The summed E-state index contributed by atoms with van der Waals surface area (Å²) in [4.78, 5) is 29.6. The Hall–Kier alpha value is -3.26. The Balaban J connectivity index is 1.22. The molecule has 8 heteroatoms. The van der Waals surface area contributed by atoms with Crippen LogP contribution >= 0.6 is 0 Å². The van der Waals surface area contributed by atoms with Crippen molar-refractivity contribution in [2.75, 3.05) is 37.6 Å². The average molecular weight is 392 g/mol. The van der Waals surface area contributed by atoms with E-state index in [0.29, 0.717) is 24.7 Å². The van der Waals surface area contributed by atoms with Gasteiger partial charge in [-0.05, 0) is 18.1 Å². The number of nitrogens with one attached hydrogen (secondary N) is 1. The first-order chi connectivity index (χ1) is 14.3. The van der Waals surface area contributed by atoms with E-state index in [1.165, 1.54) is 11.8 Å². The maximum Gasteiger partial charge on any atom is 0.273 e. The lowest BCUT2D eigenvalue weighted by molar-refractivity contribution is 0.0949. The molecule has 0 atom stereocenters. The Morgan fingerprint density at radius 2 is 1.79 bits per heavy atom. The number of aromatic nitrogens is 3. The molecule has 3 aromatic rings. The molecule has 1 aliphatic rings. The van der Waals surface area contributed by atoms with E-state index < -0.39 is 0 Å². The van der Waals surface area contributed by atoms with E-state index in [0.717, 1.165) is 38.5 Å². The summed E-state index contributed by atoms with van der Waals surface area (Å²) >= 11 is 0. The summed E-state index contributed by atoms with van der Waals surface area (Å²) in [7, 11) is 0. The van der Waals surface area contributed by atoms with Crippen molar-refractivity contribution in [2.45, 2.75) is 13.0 Å². The van der Waals surface area contributed by atoms with E-state index in [1.807, 2.05) is 36.4 Å². The summed E-state index contributed by atoms with van der Waals surface area (Å²) < 4.78 is 5.51. The number of carbonyl (C=O) groups is 1. The molecule has 0 spiro atoms. The fourth-order valence-electron chi connectivity index (χ4n) is 3.30. The highest BCUT2D eigenvalue weighted by molar-refractivity contribution is 5.91. The number of nitrogens with zero attached hydrogens (tertiary/aromatic N) is 5. The predicted molar refractivity (Wildman–Crippen MR) is 109 cm³/mol. The largest absolute Gasteiger partial charge is 0.447 e. The van der Waals surface area contributed by atoms with Gasteiger partial charge in [0.2, 0.25) is 11.8 Å². The molecule has 29 heavy (non-hydrogen) atoms. The van der Waals surface area contributed by atoms with Crippen LogP contribution < -0.4 is 10.2 Å². The first kappa shape index (κ1) is 19.1. The molecule has 150 valence electrons. The third-order valence-corrected chi connectivity index (χ3v) is 4.89. The Labute approximate surface area is 169 Å². The van der Waals surface area contributed by atoms with Gasteiger partial charge in [-0.3, -0.25) is 9.69 Å². The summed E-state index contributed by atoms with van der Waals surface area (Å²) in [6.45, 7) is 4.56. The van der Waals surface area contributed by atoms with Crippen molar-refractivity contribution in [2.24, 2.45) is 0 Å². The fraction of sp³-hybridized carbons (Fsp3) is 0.333. The molecule has 1 aliphatic heterocycles. The van der Waals surface area contributed by atoms with Gasteiger partial charge >= 0.3 is 0 Å². The van der Waals surface area contributed by atoms with Crippen molar-refractivity contribution >= 4 is 11.9 Å². The summed E-state index contributed by atoms with van der Waals surface area (Å²) in [6, 6.07) is 11.9. The van der Waals surface area contributed by atoms with Gasteiger partial charge in [0.05, 0.1) is 6.54 Å². The van der Waals surface area contributed by atoms with E-state index >= 15 is 0 Å². The summed E-state index contributed by atoms with van der Waals surface area (Å²) in [5.74, 6) is 1.11. The summed E-state index contributed by atoms with van der Waals surface area (Å²) in [6.07, 6.45) is 5.73. The van der Waals surface area contributed by atoms with E-state index in [9.17, 15) is 4.79 Å². The molecule has 1 saturated heterocycles. The normalized spacial score (nSPS) is 14.7. The molecule has 3 heterocycles. The van der Waals surface area contributed by atoms with Gasteiger partial charge in [0, 0.05) is 45.1 Å². The Morgan fingerprint density at radius 3 is 2.55 bits per heavy atom. The maximum absolute atomic E-state index is 12.3. The molecule has 2 aromatic heterocycles. The zero-order valence-corrected chi connectivity index (χ0v) is 16.2. The van der Waals surface area contributed by atoms with Crippen LogP contribution in [0.3, 0.4) is 0 Å². The Kier molecular flexibility index (Phi) is 6.11. The molecule has 1 aromatic carbocycles. The highest BCUT2D eigenvalue weighted by Gasteiger charge is 2.21. The number of hydrogen-bond acceptors (Lipinski definition) is 7. The molecule has 0 aliphatic carbocycles. The first-order valence-corrected chi connectivity index (χ1v) is 9.79. The smallest absolute Gasteiger partial charge is 0.273 e. The quantitative estimate of drug-likeness (QED) is 0.655. The second kappa shape index (κ2) is 9.29. The number of hydrogen-bond donors (Lipinski definition) is 1. The molecule has 0 unspecified atom stereocenters. The van der Waals surface area contributed by atoms with E-state index in [4.69, 9.17) is 4.42 Å². The van der Waals surface area contributed by atoms with Crippen LogP contribution in [0.5, 0.6) is 0 Å². The highest BCUT2D eigenvalue weighted by atomic mass is 16.3. The van der Waals surface area contributed by atoms with Crippen LogP contribution in [0, 0.1) is 0 Å². The number of piperazine rings is 1. The van der Waals surface area contributed by atoms with Gasteiger partial charge < -0.3 is 14.6 Å². The number of carbonyl (C=O) groups excluding carboxylic acids is 1. The lowest BCUT2D eigenvalue weighted by atomic mass is 10.1. The second-order valence-electron chi connectivity index (χ2n) is 6.93. The van der Waals surface area contributed by atoms with Gasteiger partial charge in [0.15, 0.2) is 5.69 Å². The van der Waals surface area contributed by atoms with Gasteiger partial charge in [-0.2, -0.15) is 0 Å². The molecule has 1 fully saturated rings. The van der Waals surface area contributed by atoms with Gasteiger partial charge in [0.25, 0.3) is 5.91 Å². The van der Waals surface area contributed by atoms with Crippen LogP contribution in [0.4, 0.5) is 5.95 Å². The second-order valence-corrected chi connectivity index (χ2v) is 6.93. The van der Waals surface area contributed by atoms with Crippen LogP contribution in [-0.2, 0) is 13.0 Å². The summed E-state index contributed by atoms with van der Waals surface area (Å²) in [5.41, 5.74) is 1.51. The van der Waals surface area contributed by atoms with Gasteiger partial charge in [-0.25, -0.2) is 15.0 Å². The van der Waals surface area contributed by atoms with Crippen molar-refractivity contribution in [3.63, 3.8) is 0 Å². The number of benzene rings is 1. The number of amides is 1. The topological polar surface area (TPSA) is 87.4 Å². The molecule has 0 bridgehead atoms. The van der Waals surface area contributed by atoms with Crippen molar-refractivity contribution in [3.8, 4) is 0 Å². The molecule has 1 N–H and O–H groups in total. The summed E-state index contributed by atoms with van der Waals surface area (Å²) in [5, 5.41) is 2.89. The van der Waals surface area contributed by atoms with Crippen molar-refractivity contribution in [1.29, 1.82) is 0 Å². The van der Waals surface area contributed by atoms with Gasteiger partial charge in [0.1, 0.15) is 6.26 Å². The molecule has 1 amide bonds. The van der Waals surface area contributed by atoms with Gasteiger partial charge in [-0.15, -0.1) is 0 Å². The number of oxazole rings is 1.